The predicted molar refractivity (Wildman–Crippen MR) is 141 cm³/mol. The standard InChI is InChI=1S/C27H25N5O3S/c1-31-14-12-18(16-31)29-25(33)24-23-22-21(11-13-28-26(22)36-24)32(27(34)30-23)15-17-7-9-20(10-8-17)35-19-5-3-2-4-6-19/h2-11,13,18H,12,14-16H2,1H3,(H,29,33)(H,30,34)/t18-/m1/s1. The molecule has 0 spiro atoms. The van der Waals surface area contributed by atoms with E-state index in [4.69, 9.17) is 4.74 Å². The van der Waals surface area contributed by atoms with Crippen molar-refractivity contribution >= 4 is 44.9 Å². The maximum Gasteiger partial charge on any atom is 0.326 e. The molecule has 4 aromatic rings. The van der Waals surface area contributed by atoms with Crippen LogP contribution < -0.4 is 20.3 Å². The fraction of sp³-hybridized carbons (Fsp3) is 0.222. The van der Waals surface area contributed by atoms with Crippen molar-refractivity contribution in [1.82, 2.24) is 15.2 Å². The Balaban J connectivity index is 1.24. The summed E-state index contributed by atoms with van der Waals surface area (Å²) >= 11 is 1.31. The molecule has 0 unspecified atom stereocenters. The Bertz CT molecular complexity index is 1440. The molecular weight excluding hydrogens is 474 g/mol. The molecule has 1 atom stereocenters. The molecule has 2 aliphatic rings. The van der Waals surface area contributed by atoms with Crippen LogP contribution in [0.2, 0.25) is 0 Å². The van der Waals surface area contributed by atoms with Gasteiger partial charge in [0.05, 0.1) is 23.3 Å². The first-order valence-corrected chi connectivity index (χ1v) is 12.7. The summed E-state index contributed by atoms with van der Waals surface area (Å²) in [6.45, 7) is 2.16. The Labute approximate surface area is 212 Å². The highest BCUT2D eigenvalue weighted by molar-refractivity contribution is 7.21. The second kappa shape index (κ2) is 9.25. The van der Waals surface area contributed by atoms with Gasteiger partial charge in [-0.3, -0.25) is 9.69 Å². The summed E-state index contributed by atoms with van der Waals surface area (Å²) in [5.41, 5.74) is 2.26. The Morgan fingerprint density at radius 1 is 1.14 bits per heavy atom. The van der Waals surface area contributed by atoms with E-state index >= 15 is 0 Å². The number of urea groups is 1. The minimum atomic E-state index is -0.271. The molecule has 0 aliphatic carbocycles. The zero-order valence-corrected chi connectivity index (χ0v) is 20.5. The summed E-state index contributed by atoms with van der Waals surface area (Å²) in [6, 6.07) is 19.0. The van der Waals surface area contributed by atoms with Crippen molar-refractivity contribution in [2.45, 2.75) is 19.0 Å². The lowest BCUT2D eigenvalue weighted by Crippen LogP contribution is -2.39. The van der Waals surface area contributed by atoms with Crippen LogP contribution in [0.1, 0.15) is 21.7 Å². The second-order valence-electron chi connectivity index (χ2n) is 9.11. The van der Waals surface area contributed by atoms with Crippen LogP contribution in [0.15, 0.2) is 66.9 Å². The quantitative estimate of drug-likeness (QED) is 0.387. The molecule has 2 aliphatic heterocycles. The Morgan fingerprint density at radius 2 is 1.92 bits per heavy atom. The average molecular weight is 500 g/mol. The number of nitrogens with zero attached hydrogens (tertiary/aromatic N) is 3. The number of likely N-dealkylation sites (N-methyl/N-ethyl adjacent to an activating group) is 1. The highest BCUT2D eigenvalue weighted by Gasteiger charge is 2.32. The van der Waals surface area contributed by atoms with E-state index in [1.54, 1.807) is 11.1 Å². The number of pyridine rings is 1. The van der Waals surface area contributed by atoms with Crippen LogP contribution in [0.4, 0.5) is 16.2 Å². The van der Waals surface area contributed by atoms with Crippen LogP contribution in [-0.2, 0) is 6.54 Å². The highest BCUT2D eigenvalue weighted by Crippen LogP contribution is 2.44. The number of thiophene rings is 1. The third kappa shape index (κ3) is 4.27. The lowest BCUT2D eigenvalue weighted by Gasteiger charge is -2.28. The fourth-order valence-electron chi connectivity index (χ4n) is 4.73. The van der Waals surface area contributed by atoms with Crippen LogP contribution in [0, 0.1) is 0 Å². The first-order valence-electron chi connectivity index (χ1n) is 11.9. The largest absolute Gasteiger partial charge is 0.457 e. The van der Waals surface area contributed by atoms with Gasteiger partial charge in [0.25, 0.3) is 5.91 Å². The number of carbonyl (C=O) groups excluding carboxylic acids is 2. The number of aromatic nitrogens is 1. The molecule has 3 amide bonds. The molecule has 0 saturated carbocycles. The summed E-state index contributed by atoms with van der Waals surface area (Å²) in [5, 5.41) is 6.89. The number of hydrogen-bond donors (Lipinski definition) is 2. The molecule has 6 rings (SSSR count). The summed E-state index contributed by atoms with van der Waals surface area (Å²) in [5.74, 6) is 1.33. The molecule has 2 aromatic carbocycles. The molecule has 1 fully saturated rings. The number of amides is 3. The number of ether oxygens (including phenoxy) is 1. The topological polar surface area (TPSA) is 86.8 Å². The van der Waals surface area contributed by atoms with Crippen molar-refractivity contribution in [3.8, 4) is 11.5 Å². The van der Waals surface area contributed by atoms with Gasteiger partial charge in [-0.1, -0.05) is 30.3 Å². The van der Waals surface area contributed by atoms with Crippen molar-refractivity contribution in [1.29, 1.82) is 0 Å². The number of benzene rings is 2. The van der Waals surface area contributed by atoms with Crippen LogP contribution >= 0.6 is 11.3 Å². The minimum Gasteiger partial charge on any atom is -0.457 e. The van der Waals surface area contributed by atoms with Gasteiger partial charge in [0, 0.05) is 18.8 Å². The van der Waals surface area contributed by atoms with Gasteiger partial charge in [-0.25, -0.2) is 9.78 Å². The van der Waals surface area contributed by atoms with Crippen molar-refractivity contribution < 1.29 is 14.3 Å². The fourth-order valence-corrected chi connectivity index (χ4v) is 5.75. The number of nitrogens with one attached hydrogen (secondary N) is 2. The van der Waals surface area contributed by atoms with Crippen LogP contribution in [0.25, 0.3) is 10.2 Å². The van der Waals surface area contributed by atoms with Gasteiger partial charge in [-0.2, -0.15) is 0 Å². The van der Waals surface area contributed by atoms with Crippen molar-refractivity contribution in [2.75, 3.05) is 30.4 Å². The molecular formula is C27H25N5O3S. The molecule has 2 N–H and O–H groups in total. The summed E-state index contributed by atoms with van der Waals surface area (Å²) < 4.78 is 5.88. The molecule has 8 nitrogen and oxygen atoms in total. The van der Waals surface area contributed by atoms with Gasteiger partial charge in [0.2, 0.25) is 0 Å². The van der Waals surface area contributed by atoms with Gasteiger partial charge >= 0.3 is 6.03 Å². The Morgan fingerprint density at radius 3 is 2.67 bits per heavy atom. The predicted octanol–water partition coefficient (Wildman–Crippen LogP) is 5.07. The summed E-state index contributed by atoms with van der Waals surface area (Å²) in [6.07, 6.45) is 2.61. The maximum absolute atomic E-state index is 13.2. The highest BCUT2D eigenvalue weighted by atomic mass is 32.1. The zero-order valence-electron chi connectivity index (χ0n) is 19.7. The lowest BCUT2D eigenvalue weighted by atomic mass is 10.1. The van der Waals surface area contributed by atoms with Crippen molar-refractivity contribution in [2.24, 2.45) is 0 Å². The van der Waals surface area contributed by atoms with Crippen molar-refractivity contribution in [3.63, 3.8) is 0 Å². The molecule has 4 heterocycles. The number of rotatable bonds is 6. The normalized spacial score (nSPS) is 17.3. The van der Waals surface area contributed by atoms with E-state index < -0.39 is 0 Å². The van der Waals surface area contributed by atoms with E-state index in [1.807, 2.05) is 67.7 Å². The first kappa shape index (κ1) is 22.5. The molecule has 1 saturated heterocycles. The van der Waals surface area contributed by atoms with E-state index in [0.717, 1.165) is 52.5 Å². The van der Waals surface area contributed by atoms with E-state index in [0.29, 0.717) is 17.1 Å². The first-order chi connectivity index (χ1) is 17.5. The molecule has 2 aromatic heterocycles. The van der Waals surface area contributed by atoms with Crippen molar-refractivity contribution in [3.05, 3.63) is 77.3 Å². The molecule has 36 heavy (non-hydrogen) atoms. The van der Waals surface area contributed by atoms with Gasteiger partial charge in [-0.15, -0.1) is 11.3 Å². The average Bonchev–Trinajstić information content (AvgIpc) is 3.47. The number of likely N-dealkylation sites (tertiary alicyclic amines) is 1. The van der Waals surface area contributed by atoms with E-state index in [1.165, 1.54) is 11.3 Å². The van der Waals surface area contributed by atoms with Gasteiger partial charge in [0.15, 0.2) is 0 Å². The third-order valence-electron chi connectivity index (χ3n) is 6.51. The molecule has 0 bridgehead atoms. The van der Waals surface area contributed by atoms with E-state index in [2.05, 4.69) is 20.5 Å². The number of para-hydroxylation sites is 1. The number of anilines is 2. The zero-order chi connectivity index (χ0) is 24.6. The van der Waals surface area contributed by atoms with Gasteiger partial charge in [0.1, 0.15) is 21.2 Å². The van der Waals surface area contributed by atoms with Crippen LogP contribution in [0.3, 0.4) is 0 Å². The molecule has 182 valence electrons. The van der Waals surface area contributed by atoms with E-state index in [-0.39, 0.29) is 18.0 Å². The lowest BCUT2D eigenvalue weighted by molar-refractivity contribution is 0.0943. The maximum atomic E-state index is 13.2. The monoisotopic (exact) mass is 499 g/mol. The SMILES string of the molecule is CN1CC[C@@H](NC(=O)c2sc3nccc4c3c2NC(=O)N4Cc2ccc(Oc3ccccc3)cc2)C1. The Kier molecular flexibility index (Phi) is 5.79. The third-order valence-corrected chi connectivity index (χ3v) is 7.61. The summed E-state index contributed by atoms with van der Waals surface area (Å²) in [4.78, 5) is 35.9. The van der Waals surface area contributed by atoms with Crippen LogP contribution in [0.5, 0.6) is 11.5 Å². The van der Waals surface area contributed by atoms with Crippen LogP contribution in [-0.4, -0.2) is 48.0 Å². The van der Waals surface area contributed by atoms with E-state index in [9.17, 15) is 9.59 Å². The van der Waals surface area contributed by atoms with Gasteiger partial charge < -0.3 is 20.3 Å². The molecule has 0 radical (unpaired) electrons. The molecule has 9 heteroatoms. The smallest absolute Gasteiger partial charge is 0.326 e. The Hall–Kier alpha value is -3.95. The number of hydrogen-bond acceptors (Lipinski definition) is 6. The number of carbonyl (C=O) groups is 2. The second-order valence-corrected chi connectivity index (χ2v) is 10.1. The minimum absolute atomic E-state index is 0.108. The summed E-state index contributed by atoms with van der Waals surface area (Å²) in [7, 11) is 2.05. The van der Waals surface area contributed by atoms with Gasteiger partial charge in [-0.05, 0) is 55.9 Å².